The molecule has 5 rings (SSSR count). The highest BCUT2D eigenvalue weighted by Crippen LogP contribution is 2.44. The van der Waals surface area contributed by atoms with Gasteiger partial charge in [-0.15, -0.1) is 0 Å². The number of hydrogen-bond donors (Lipinski definition) is 2. The van der Waals surface area contributed by atoms with Crippen LogP contribution in [0.2, 0.25) is 0 Å². The first kappa shape index (κ1) is 22.7. The Morgan fingerprint density at radius 2 is 1.51 bits per heavy atom. The Bertz CT molecular complexity index is 1240. The van der Waals surface area contributed by atoms with Gasteiger partial charge in [-0.2, -0.15) is 0 Å². The molecule has 0 aromatic heterocycles. The number of carbonyl (C=O) groups is 3. The van der Waals surface area contributed by atoms with E-state index in [9.17, 15) is 19.5 Å². The van der Waals surface area contributed by atoms with E-state index in [1.807, 2.05) is 31.2 Å². The number of carboxylic acid groups (broad SMARTS) is 1. The number of carbonyl (C=O) groups excluding carboxylic acids is 2. The third kappa shape index (κ3) is 4.37. The standard InChI is InChI=1S/C28H26N2O5/c1-17-14-30(15-24(17)27(32)33)26(31)18-10-12-19(13-11-18)29-28(34)35-16-25-22-8-4-2-6-20(22)21-7-3-5-9-23(21)25/h2-13,17,24-25H,14-16H2,1H3,(H,29,34)(H,32,33). The van der Waals surface area contributed by atoms with Gasteiger partial charge in [0.25, 0.3) is 5.91 Å². The Hall–Kier alpha value is -4.13. The van der Waals surface area contributed by atoms with Gasteiger partial charge in [0.2, 0.25) is 0 Å². The molecule has 0 radical (unpaired) electrons. The number of rotatable bonds is 5. The number of amides is 2. The lowest BCUT2D eigenvalue weighted by Crippen LogP contribution is -2.29. The minimum Gasteiger partial charge on any atom is -0.481 e. The molecule has 2 unspecified atom stereocenters. The topological polar surface area (TPSA) is 95.9 Å². The van der Waals surface area contributed by atoms with Gasteiger partial charge in [0.15, 0.2) is 0 Å². The quantitative estimate of drug-likeness (QED) is 0.556. The zero-order valence-corrected chi connectivity index (χ0v) is 19.3. The van der Waals surface area contributed by atoms with Crippen LogP contribution in [-0.2, 0) is 9.53 Å². The van der Waals surface area contributed by atoms with Gasteiger partial charge in [-0.1, -0.05) is 55.5 Å². The van der Waals surface area contributed by atoms with Crippen LogP contribution in [0, 0.1) is 11.8 Å². The van der Waals surface area contributed by atoms with Crippen molar-refractivity contribution in [2.24, 2.45) is 11.8 Å². The summed E-state index contributed by atoms with van der Waals surface area (Å²) < 4.78 is 5.57. The van der Waals surface area contributed by atoms with Gasteiger partial charge in [0, 0.05) is 30.3 Å². The summed E-state index contributed by atoms with van der Waals surface area (Å²) in [5, 5.41) is 12.0. The SMILES string of the molecule is CC1CN(C(=O)c2ccc(NC(=O)OCC3c4ccccc4-c4ccccc43)cc2)CC1C(=O)O. The summed E-state index contributed by atoms with van der Waals surface area (Å²) in [5.74, 6) is -1.76. The van der Waals surface area contributed by atoms with E-state index < -0.39 is 18.0 Å². The van der Waals surface area contributed by atoms with Gasteiger partial charge in [-0.3, -0.25) is 14.9 Å². The van der Waals surface area contributed by atoms with Crippen LogP contribution in [0.5, 0.6) is 0 Å². The normalized spacial score (nSPS) is 18.6. The van der Waals surface area contributed by atoms with Crippen molar-refractivity contribution in [3.63, 3.8) is 0 Å². The van der Waals surface area contributed by atoms with E-state index in [1.165, 1.54) is 11.1 Å². The molecule has 0 saturated carbocycles. The largest absolute Gasteiger partial charge is 0.481 e. The Balaban J connectivity index is 1.19. The second kappa shape index (κ2) is 9.25. The Morgan fingerprint density at radius 3 is 2.09 bits per heavy atom. The fourth-order valence-corrected chi connectivity index (χ4v) is 5.09. The Morgan fingerprint density at radius 1 is 0.914 bits per heavy atom. The number of anilines is 1. The lowest BCUT2D eigenvalue weighted by molar-refractivity contribution is -0.142. The highest BCUT2D eigenvalue weighted by Gasteiger charge is 2.37. The number of nitrogens with zero attached hydrogens (tertiary/aromatic N) is 1. The molecule has 1 aliphatic carbocycles. The zero-order valence-electron chi connectivity index (χ0n) is 19.3. The average molecular weight is 471 g/mol. The van der Waals surface area contributed by atoms with Crippen molar-refractivity contribution in [1.82, 2.24) is 4.90 Å². The van der Waals surface area contributed by atoms with E-state index in [0.717, 1.165) is 11.1 Å². The molecule has 2 amide bonds. The number of carboxylic acids is 1. The number of fused-ring (bicyclic) bond motifs is 3. The Kier molecular flexibility index (Phi) is 5.99. The van der Waals surface area contributed by atoms with E-state index in [0.29, 0.717) is 17.8 Å². The number of hydrogen-bond acceptors (Lipinski definition) is 4. The van der Waals surface area contributed by atoms with Crippen LogP contribution in [0.3, 0.4) is 0 Å². The maximum Gasteiger partial charge on any atom is 0.411 e. The molecule has 3 aromatic rings. The summed E-state index contributed by atoms with van der Waals surface area (Å²) in [4.78, 5) is 38.2. The molecule has 3 aromatic carbocycles. The second-order valence-electron chi connectivity index (χ2n) is 9.16. The Labute approximate surface area is 203 Å². The van der Waals surface area contributed by atoms with Gasteiger partial charge >= 0.3 is 12.1 Å². The van der Waals surface area contributed by atoms with E-state index >= 15 is 0 Å². The highest BCUT2D eigenvalue weighted by atomic mass is 16.5. The lowest BCUT2D eigenvalue weighted by atomic mass is 9.98. The zero-order chi connectivity index (χ0) is 24.5. The van der Waals surface area contributed by atoms with Crippen LogP contribution < -0.4 is 5.32 Å². The van der Waals surface area contributed by atoms with E-state index in [-0.39, 0.29) is 30.9 Å². The van der Waals surface area contributed by atoms with E-state index in [2.05, 4.69) is 29.6 Å². The van der Waals surface area contributed by atoms with Gasteiger partial charge in [-0.25, -0.2) is 4.79 Å². The summed E-state index contributed by atoms with van der Waals surface area (Å²) in [5.41, 5.74) is 5.58. The van der Waals surface area contributed by atoms with Crippen molar-refractivity contribution in [2.75, 3.05) is 25.0 Å². The summed E-state index contributed by atoms with van der Waals surface area (Å²) in [7, 11) is 0. The first-order chi connectivity index (χ1) is 16.9. The molecular formula is C28H26N2O5. The molecule has 1 saturated heterocycles. The van der Waals surface area contributed by atoms with Crippen molar-refractivity contribution in [3.8, 4) is 11.1 Å². The molecule has 0 spiro atoms. The van der Waals surface area contributed by atoms with Crippen LogP contribution in [0.1, 0.15) is 34.3 Å². The van der Waals surface area contributed by atoms with Gasteiger partial charge < -0.3 is 14.7 Å². The molecule has 178 valence electrons. The van der Waals surface area contributed by atoms with Crippen LogP contribution in [-0.4, -0.2) is 47.7 Å². The third-order valence-corrected chi connectivity index (χ3v) is 6.94. The fraction of sp³-hybridized carbons (Fsp3) is 0.250. The molecule has 7 nitrogen and oxygen atoms in total. The first-order valence-corrected chi connectivity index (χ1v) is 11.7. The molecule has 2 atom stereocenters. The minimum atomic E-state index is -0.879. The number of benzene rings is 3. The molecule has 1 heterocycles. The number of aliphatic carboxylic acids is 1. The van der Waals surface area contributed by atoms with Gasteiger partial charge in [0.1, 0.15) is 6.61 Å². The number of likely N-dealkylation sites (tertiary alicyclic amines) is 1. The minimum absolute atomic E-state index is 0.0226. The fourth-order valence-electron chi connectivity index (χ4n) is 5.09. The van der Waals surface area contributed by atoms with Crippen LogP contribution in [0.25, 0.3) is 11.1 Å². The molecule has 1 fully saturated rings. The predicted molar refractivity (Wildman–Crippen MR) is 131 cm³/mol. The molecule has 7 heteroatoms. The molecule has 2 N–H and O–H groups in total. The van der Waals surface area contributed by atoms with Crippen molar-refractivity contribution in [3.05, 3.63) is 89.5 Å². The summed E-state index contributed by atoms with van der Waals surface area (Å²) in [6, 6.07) is 22.8. The predicted octanol–water partition coefficient (Wildman–Crippen LogP) is 4.84. The van der Waals surface area contributed by atoms with Crippen molar-refractivity contribution in [2.45, 2.75) is 12.8 Å². The van der Waals surface area contributed by atoms with E-state index in [1.54, 1.807) is 29.2 Å². The number of ether oxygens (including phenoxy) is 1. The van der Waals surface area contributed by atoms with Crippen molar-refractivity contribution in [1.29, 1.82) is 0 Å². The molecule has 0 bridgehead atoms. The molecule has 2 aliphatic rings. The van der Waals surface area contributed by atoms with Crippen LogP contribution >= 0.6 is 0 Å². The average Bonchev–Trinajstić information content (AvgIpc) is 3.41. The van der Waals surface area contributed by atoms with Gasteiger partial charge in [-0.05, 0) is 52.4 Å². The molecule has 1 aliphatic heterocycles. The summed E-state index contributed by atoms with van der Waals surface area (Å²) >= 11 is 0. The van der Waals surface area contributed by atoms with Crippen LogP contribution in [0.4, 0.5) is 10.5 Å². The number of nitrogens with one attached hydrogen (secondary N) is 1. The second-order valence-corrected chi connectivity index (χ2v) is 9.16. The monoisotopic (exact) mass is 470 g/mol. The highest BCUT2D eigenvalue weighted by molar-refractivity contribution is 5.95. The summed E-state index contributed by atoms with van der Waals surface area (Å²) in [6.07, 6.45) is -0.566. The van der Waals surface area contributed by atoms with E-state index in [4.69, 9.17) is 4.74 Å². The molecule has 35 heavy (non-hydrogen) atoms. The third-order valence-electron chi connectivity index (χ3n) is 6.94. The molecular weight excluding hydrogens is 444 g/mol. The maximum atomic E-state index is 12.8. The van der Waals surface area contributed by atoms with Crippen LogP contribution in [0.15, 0.2) is 72.8 Å². The van der Waals surface area contributed by atoms with Gasteiger partial charge in [0.05, 0.1) is 5.92 Å². The first-order valence-electron chi connectivity index (χ1n) is 11.7. The maximum absolute atomic E-state index is 12.8. The van der Waals surface area contributed by atoms with Crippen molar-refractivity contribution >= 4 is 23.7 Å². The lowest BCUT2D eigenvalue weighted by Gasteiger charge is -2.16. The summed E-state index contributed by atoms with van der Waals surface area (Å²) in [6.45, 7) is 2.67. The smallest absolute Gasteiger partial charge is 0.411 e. The van der Waals surface area contributed by atoms with Crippen molar-refractivity contribution < 1.29 is 24.2 Å².